The van der Waals surface area contributed by atoms with Gasteiger partial charge in [-0.2, -0.15) is 0 Å². The Kier molecular flexibility index (Phi) is 1.72. The third-order valence-electron chi connectivity index (χ3n) is 1.45. The van der Waals surface area contributed by atoms with Crippen LogP contribution in [0.25, 0.3) is 0 Å². The summed E-state index contributed by atoms with van der Waals surface area (Å²) in [5.41, 5.74) is 0. The van der Waals surface area contributed by atoms with Crippen LogP contribution in [0.5, 0.6) is 0 Å². The van der Waals surface area contributed by atoms with Crippen molar-refractivity contribution in [3.63, 3.8) is 0 Å². The number of hydrogen-bond donors (Lipinski definition) is 0. The minimum Gasteiger partial charge on any atom is -0.348 e. The lowest BCUT2D eigenvalue weighted by atomic mass is 10.4. The molecule has 4 nitrogen and oxygen atoms in total. The van der Waals surface area contributed by atoms with E-state index >= 15 is 0 Å². The molecule has 56 valence electrons. The number of ether oxygens (including phenoxy) is 1. The van der Waals surface area contributed by atoms with E-state index in [0.717, 1.165) is 4.90 Å². The summed E-state index contributed by atoms with van der Waals surface area (Å²) in [6.07, 6.45) is -0.455. The molecule has 4 heteroatoms. The maximum Gasteiger partial charge on any atom is 0.259 e. The quantitative estimate of drug-likeness (QED) is 0.469. The highest BCUT2D eigenvalue weighted by Gasteiger charge is 2.31. The molecule has 1 saturated heterocycles. The lowest BCUT2D eigenvalue weighted by molar-refractivity contribution is -0.140. The lowest BCUT2D eigenvalue weighted by Crippen LogP contribution is -2.32. The van der Waals surface area contributed by atoms with E-state index in [1.165, 1.54) is 6.92 Å². The fourth-order valence-electron chi connectivity index (χ4n) is 0.787. The van der Waals surface area contributed by atoms with Gasteiger partial charge in [-0.3, -0.25) is 14.5 Å². The number of amides is 2. The zero-order valence-electron chi connectivity index (χ0n) is 5.96. The Bertz CT molecular complexity index is 178. The summed E-state index contributed by atoms with van der Waals surface area (Å²) < 4.78 is 4.89. The van der Waals surface area contributed by atoms with Crippen molar-refractivity contribution < 1.29 is 14.3 Å². The van der Waals surface area contributed by atoms with E-state index in [9.17, 15) is 9.59 Å². The van der Waals surface area contributed by atoms with Gasteiger partial charge in [0.05, 0.1) is 0 Å². The molecule has 0 aliphatic carbocycles. The second-order valence-electron chi connectivity index (χ2n) is 2.22. The van der Waals surface area contributed by atoms with Gasteiger partial charge in [0, 0.05) is 6.92 Å². The average molecular weight is 143 g/mol. The van der Waals surface area contributed by atoms with Crippen molar-refractivity contribution in [1.82, 2.24) is 4.90 Å². The standard InChI is InChI=1S/C6H9NO3/c1-4-6(9)7(3-10-4)5(2)8/h4H,3H2,1-2H3/t4-/m0/s1. The van der Waals surface area contributed by atoms with Crippen molar-refractivity contribution in [3.05, 3.63) is 0 Å². The molecule has 0 aromatic heterocycles. The summed E-state index contributed by atoms with van der Waals surface area (Å²) in [5, 5.41) is 0. The molecule has 1 heterocycles. The minimum atomic E-state index is -0.455. The van der Waals surface area contributed by atoms with Crippen LogP contribution in [0.2, 0.25) is 0 Å². The van der Waals surface area contributed by atoms with Crippen LogP contribution in [-0.2, 0) is 14.3 Å². The summed E-state index contributed by atoms with van der Waals surface area (Å²) in [5.74, 6) is -0.498. The molecule has 10 heavy (non-hydrogen) atoms. The van der Waals surface area contributed by atoms with Crippen LogP contribution >= 0.6 is 0 Å². The predicted octanol–water partition coefficient (Wildman–Crippen LogP) is -0.262. The van der Waals surface area contributed by atoms with E-state index in [1.807, 2.05) is 0 Å². The Hall–Kier alpha value is -0.900. The lowest BCUT2D eigenvalue weighted by Gasteiger charge is -2.06. The van der Waals surface area contributed by atoms with Crippen LogP contribution in [0, 0.1) is 0 Å². The van der Waals surface area contributed by atoms with Crippen molar-refractivity contribution in [2.75, 3.05) is 6.73 Å². The van der Waals surface area contributed by atoms with E-state index in [1.54, 1.807) is 6.92 Å². The fourth-order valence-corrected chi connectivity index (χ4v) is 0.787. The Balaban J connectivity index is 2.66. The van der Waals surface area contributed by atoms with Crippen LogP contribution in [0.3, 0.4) is 0 Å². The van der Waals surface area contributed by atoms with Crippen LogP contribution in [0.1, 0.15) is 13.8 Å². The molecule has 1 aliphatic rings. The molecular formula is C6H9NO3. The van der Waals surface area contributed by atoms with Crippen LogP contribution in [0.4, 0.5) is 0 Å². The topological polar surface area (TPSA) is 46.6 Å². The molecule has 0 saturated carbocycles. The van der Waals surface area contributed by atoms with Gasteiger partial charge in [0.25, 0.3) is 5.91 Å². The maximum absolute atomic E-state index is 10.9. The second kappa shape index (κ2) is 2.38. The van der Waals surface area contributed by atoms with Gasteiger partial charge < -0.3 is 4.74 Å². The monoisotopic (exact) mass is 143 g/mol. The smallest absolute Gasteiger partial charge is 0.259 e. The molecule has 0 radical (unpaired) electrons. The van der Waals surface area contributed by atoms with Gasteiger partial charge in [-0.25, -0.2) is 0 Å². The number of carbonyl (C=O) groups is 2. The molecule has 0 aromatic carbocycles. The third-order valence-corrected chi connectivity index (χ3v) is 1.45. The molecule has 0 bridgehead atoms. The van der Waals surface area contributed by atoms with Crippen molar-refractivity contribution in [2.45, 2.75) is 20.0 Å². The highest BCUT2D eigenvalue weighted by Crippen LogP contribution is 2.08. The summed E-state index contributed by atoms with van der Waals surface area (Å²) in [6.45, 7) is 3.08. The molecular weight excluding hydrogens is 134 g/mol. The van der Waals surface area contributed by atoms with E-state index in [0.29, 0.717) is 0 Å². The largest absolute Gasteiger partial charge is 0.348 e. The molecule has 0 aromatic rings. The van der Waals surface area contributed by atoms with Gasteiger partial charge in [0.1, 0.15) is 12.8 Å². The normalized spacial score (nSPS) is 25.6. The molecule has 1 aliphatic heterocycles. The molecule has 1 atom stereocenters. The van der Waals surface area contributed by atoms with Gasteiger partial charge in [-0.1, -0.05) is 0 Å². The first-order valence-corrected chi connectivity index (χ1v) is 3.06. The molecule has 0 unspecified atom stereocenters. The molecule has 1 rings (SSSR count). The number of rotatable bonds is 0. The highest BCUT2D eigenvalue weighted by atomic mass is 16.5. The van der Waals surface area contributed by atoms with E-state index in [2.05, 4.69) is 0 Å². The van der Waals surface area contributed by atoms with E-state index < -0.39 is 6.10 Å². The fraction of sp³-hybridized carbons (Fsp3) is 0.667. The van der Waals surface area contributed by atoms with Crippen molar-refractivity contribution in [2.24, 2.45) is 0 Å². The predicted molar refractivity (Wildman–Crippen MR) is 32.9 cm³/mol. The van der Waals surface area contributed by atoms with Crippen molar-refractivity contribution in [3.8, 4) is 0 Å². The van der Waals surface area contributed by atoms with Crippen LogP contribution in [0.15, 0.2) is 0 Å². The van der Waals surface area contributed by atoms with E-state index in [4.69, 9.17) is 4.74 Å². The molecule has 2 amide bonds. The van der Waals surface area contributed by atoms with Gasteiger partial charge in [-0.15, -0.1) is 0 Å². The van der Waals surface area contributed by atoms with Gasteiger partial charge in [-0.05, 0) is 6.92 Å². The summed E-state index contributed by atoms with van der Waals surface area (Å²) >= 11 is 0. The first kappa shape index (κ1) is 7.21. The Morgan fingerprint density at radius 3 is 2.60 bits per heavy atom. The maximum atomic E-state index is 10.9. The van der Waals surface area contributed by atoms with E-state index in [-0.39, 0.29) is 18.5 Å². The number of nitrogens with zero attached hydrogens (tertiary/aromatic N) is 1. The number of hydrogen-bond acceptors (Lipinski definition) is 3. The zero-order chi connectivity index (χ0) is 7.72. The van der Waals surface area contributed by atoms with Gasteiger partial charge in [0.15, 0.2) is 0 Å². The van der Waals surface area contributed by atoms with Crippen molar-refractivity contribution >= 4 is 11.8 Å². The average Bonchev–Trinajstić information content (AvgIpc) is 2.14. The molecule has 0 N–H and O–H groups in total. The third kappa shape index (κ3) is 1.02. The summed E-state index contributed by atoms with van der Waals surface area (Å²) in [6, 6.07) is 0. The van der Waals surface area contributed by atoms with Crippen LogP contribution < -0.4 is 0 Å². The highest BCUT2D eigenvalue weighted by molar-refractivity contribution is 5.97. The Morgan fingerprint density at radius 2 is 2.40 bits per heavy atom. The first-order valence-electron chi connectivity index (χ1n) is 3.06. The Morgan fingerprint density at radius 1 is 1.80 bits per heavy atom. The SMILES string of the molecule is CC(=O)N1CO[C@@H](C)C1=O. The number of carbonyl (C=O) groups excluding carboxylic acids is 2. The summed E-state index contributed by atoms with van der Waals surface area (Å²) in [4.78, 5) is 22.6. The first-order chi connectivity index (χ1) is 4.63. The van der Waals surface area contributed by atoms with Gasteiger partial charge in [0.2, 0.25) is 5.91 Å². The Labute approximate surface area is 58.8 Å². The molecule has 0 spiro atoms. The van der Waals surface area contributed by atoms with Crippen LogP contribution in [-0.4, -0.2) is 29.5 Å². The number of imide groups is 1. The molecule has 1 fully saturated rings. The minimum absolute atomic E-state index is 0.106. The summed E-state index contributed by atoms with van der Waals surface area (Å²) in [7, 11) is 0. The second-order valence-corrected chi connectivity index (χ2v) is 2.22. The van der Waals surface area contributed by atoms with Crippen molar-refractivity contribution in [1.29, 1.82) is 0 Å². The zero-order valence-corrected chi connectivity index (χ0v) is 5.96. The van der Waals surface area contributed by atoms with Gasteiger partial charge >= 0.3 is 0 Å².